The van der Waals surface area contributed by atoms with Crippen molar-refractivity contribution in [3.63, 3.8) is 0 Å². The second-order valence-electron chi connectivity index (χ2n) is 1.77. The Balaban J connectivity index is 2.22. The van der Waals surface area contributed by atoms with Gasteiger partial charge in [-0.1, -0.05) is 0 Å². The summed E-state index contributed by atoms with van der Waals surface area (Å²) < 4.78 is 4.98. The Morgan fingerprint density at radius 3 is 3.00 bits per heavy atom. The second-order valence-corrected chi connectivity index (χ2v) is 1.77. The van der Waals surface area contributed by atoms with Gasteiger partial charge in [0.25, 0.3) is 0 Å². The van der Waals surface area contributed by atoms with Gasteiger partial charge in [-0.15, -0.1) is 0 Å². The van der Waals surface area contributed by atoms with Crippen molar-refractivity contribution < 1.29 is 9.53 Å². The van der Waals surface area contributed by atoms with E-state index >= 15 is 0 Å². The van der Waals surface area contributed by atoms with Crippen molar-refractivity contribution in [1.82, 2.24) is 5.32 Å². The Hall–Kier alpha value is -0.410. The lowest BCUT2D eigenvalue weighted by Gasteiger charge is -2.17. The van der Waals surface area contributed by atoms with E-state index in [1.54, 1.807) is 0 Å². The number of nitrogens with one attached hydrogen (secondary N) is 1. The highest BCUT2D eigenvalue weighted by Gasteiger charge is 2.09. The molecule has 1 aliphatic heterocycles. The van der Waals surface area contributed by atoms with Crippen molar-refractivity contribution in [3.8, 4) is 0 Å². The van der Waals surface area contributed by atoms with Crippen LogP contribution < -0.4 is 5.32 Å². The first-order valence-corrected chi connectivity index (χ1v) is 2.70. The highest BCUT2D eigenvalue weighted by atomic mass is 16.5. The smallest absolute Gasteiger partial charge is 0.139 e. The number of hydrogen-bond donors (Lipinski definition) is 1. The summed E-state index contributed by atoms with van der Waals surface area (Å²) in [6, 6.07) is -0.0660. The zero-order chi connectivity index (χ0) is 5.82. The van der Waals surface area contributed by atoms with Gasteiger partial charge in [0.1, 0.15) is 6.29 Å². The fourth-order valence-electron chi connectivity index (χ4n) is 0.673. The van der Waals surface area contributed by atoms with Crippen molar-refractivity contribution in [3.05, 3.63) is 0 Å². The fourth-order valence-corrected chi connectivity index (χ4v) is 0.673. The zero-order valence-electron chi connectivity index (χ0n) is 4.59. The van der Waals surface area contributed by atoms with Gasteiger partial charge in [-0.05, 0) is 0 Å². The van der Waals surface area contributed by atoms with Crippen LogP contribution in [0.3, 0.4) is 0 Å². The molecule has 8 heavy (non-hydrogen) atoms. The van der Waals surface area contributed by atoms with E-state index in [0.717, 1.165) is 19.4 Å². The number of aldehydes is 1. The van der Waals surface area contributed by atoms with E-state index in [1.165, 1.54) is 0 Å². The summed E-state index contributed by atoms with van der Waals surface area (Å²) in [6.07, 6.45) is 0.874. The standard InChI is InChI=1S/C5H9NO2/c7-3-5-4-8-2-1-6-5/h3,5-6H,1-2,4H2/t5-/m0/s1. The lowest BCUT2D eigenvalue weighted by molar-refractivity contribution is -0.112. The summed E-state index contributed by atoms with van der Waals surface area (Å²) in [5.74, 6) is 0. The number of morpholine rings is 1. The Bertz CT molecular complexity index is 78.5. The Kier molecular flexibility index (Phi) is 2.00. The summed E-state index contributed by atoms with van der Waals surface area (Å²) >= 11 is 0. The summed E-state index contributed by atoms with van der Waals surface area (Å²) in [5, 5.41) is 2.98. The summed E-state index contributed by atoms with van der Waals surface area (Å²) in [7, 11) is 0. The van der Waals surface area contributed by atoms with E-state index < -0.39 is 0 Å². The van der Waals surface area contributed by atoms with Gasteiger partial charge >= 0.3 is 0 Å². The zero-order valence-corrected chi connectivity index (χ0v) is 4.59. The molecule has 0 spiro atoms. The molecule has 1 aliphatic rings. The maximum Gasteiger partial charge on any atom is 0.139 e. The van der Waals surface area contributed by atoms with Crippen LogP contribution >= 0.6 is 0 Å². The maximum atomic E-state index is 10.0. The van der Waals surface area contributed by atoms with Crippen LogP contribution in [-0.4, -0.2) is 32.1 Å². The number of carbonyl (C=O) groups is 1. The molecular weight excluding hydrogens is 106 g/mol. The predicted molar refractivity (Wildman–Crippen MR) is 28.7 cm³/mol. The SMILES string of the molecule is O=C[C@H]1COCCN1. The van der Waals surface area contributed by atoms with Gasteiger partial charge in [0.15, 0.2) is 0 Å². The maximum absolute atomic E-state index is 10.0. The van der Waals surface area contributed by atoms with Gasteiger partial charge in [-0.2, -0.15) is 0 Å². The molecule has 1 fully saturated rings. The molecule has 3 nitrogen and oxygen atoms in total. The third-order valence-electron chi connectivity index (χ3n) is 1.11. The summed E-state index contributed by atoms with van der Waals surface area (Å²) in [6.45, 7) is 2.05. The van der Waals surface area contributed by atoms with E-state index in [9.17, 15) is 4.79 Å². The Labute approximate surface area is 48.0 Å². The molecule has 0 saturated carbocycles. The minimum absolute atomic E-state index is 0.0660. The van der Waals surface area contributed by atoms with Crippen LogP contribution in [-0.2, 0) is 9.53 Å². The highest BCUT2D eigenvalue weighted by Crippen LogP contribution is 1.87. The number of rotatable bonds is 1. The van der Waals surface area contributed by atoms with Gasteiger partial charge in [0, 0.05) is 6.54 Å². The van der Waals surface area contributed by atoms with E-state index in [2.05, 4.69) is 5.32 Å². The molecular formula is C5H9NO2. The number of hydrogen-bond acceptors (Lipinski definition) is 3. The minimum Gasteiger partial charge on any atom is -0.378 e. The van der Waals surface area contributed by atoms with Crippen LogP contribution in [0.2, 0.25) is 0 Å². The first-order valence-electron chi connectivity index (χ1n) is 2.70. The molecule has 0 aromatic carbocycles. The van der Waals surface area contributed by atoms with E-state index in [0.29, 0.717) is 6.61 Å². The molecule has 0 bridgehead atoms. The van der Waals surface area contributed by atoms with Crippen molar-refractivity contribution in [2.45, 2.75) is 6.04 Å². The molecule has 1 saturated heterocycles. The molecule has 0 aliphatic carbocycles. The van der Waals surface area contributed by atoms with Gasteiger partial charge < -0.3 is 14.8 Å². The highest BCUT2D eigenvalue weighted by molar-refractivity contribution is 5.57. The lowest BCUT2D eigenvalue weighted by atomic mass is 10.3. The molecule has 1 heterocycles. The molecule has 1 N–H and O–H groups in total. The molecule has 3 heteroatoms. The molecule has 1 rings (SSSR count). The quantitative estimate of drug-likeness (QED) is 0.453. The van der Waals surface area contributed by atoms with Crippen molar-refractivity contribution in [2.75, 3.05) is 19.8 Å². The molecule has 1 atom stereocenters. The van der Waals surface area contributed by atoms with Crippen LogP contribution in [0.4, 0.5) is 0 Å². The summed E-state index contributed by atoms with van der Waals surface area (Å²) in [4.78, 5) is 10.0. The second kappa shape index (κ2) is 2.79. The monoisotopic (exact) mass is 115 g/mol. The Morgan fingerprint density at radius 1 is 1.75 bits per heavy atom. The molecule has 0 aromatic rings. The topological polar surface area (TPSA) is 38.3 Å². The number of ether oxygens (including phenoxy) is 1. The van der Waals surface area contributed by atoms with Crippen LogP contribution in [0.1, 0.15) is 0 Å². The lowest BCUT2D eigenvalue weighted by Crippen LogP contribution is -2.42. The first kappa shape index (κ1) is 5.72. The minimum atomic E-state index is -0.0660. The molecule has 46 valence electrons. The summed E-state index contributed by atoms with van der Waals surface area (Å²) in [5.41, 5.74) is 0. The molecule has 0 amide bonds. The molecule has 0 unspecified atom stereocenters. The third kappa shape index (κ3) is 1.28. The molecule has 0 radical (unpaired) electrons. The van der Waals surface area contributed by atoms with Gasteiger partial charge in [0.05, 0.1) is 19.3 Å². The van der Waals surface area contributed by atoms with Crippen LogP contribution in [0.25, 0.3) is 0 Å². The predicted octanol–water partition coefficient (Wildman–Crippen LogP) is -0.826. The van der Waals surface area contributed by atoms with E-state index in [1.807, 2.05) is 0 Å². The first-order chi connectivity index (χ1) is 3.93. The van der Waals surface area contributed by atoms with Crippen molar-refractivity contribution >= 4 is 6.29 Å². The van der Waals surface area contributed by atoms with Gasteiger partial charge in [-0.25, -0.2) is 0 Å². The van der Waals surface area contributed by atoms with E-state index in [4.69, 9.17) is 4.74 Å². The number of carbonyl (C=O) groups excluding carboxylic acids is 1. The Morgan fingerprint density at radius 2 is 2.62 bits per heavy atom. The van der Waals surface area contributed by atoms with Crippen LogP contribution in [0.15, 0.2) is 0 Å². The van der Waals surface area contributed by atoms with Crippen LogP contribution in [0.5, 0.6) is 0 Å². The largest absolute Gasteiger partial charge is 0.378 e. The third-order valence-corrected chi connectivity index (χ3v) is 1.11. The average Bonchev–Trinajstić information content (AvgIpc) is 1.90. The fraction of sp³-hybridized carbons (Fsp3) is 0.800. The van der Waals surface area contributed by atoms with Crippen molar-refractivity contribution in [2.24, 2.45) is 0 Å². The van der Waals surface area contributed by atoms with Crippen molar-refractivity contribution in [1.29, 1.82) is 0 Å². The van der Waals surface area contributed by atoms with E-state index in [-0.39, 0.29) is 6.04 Å². The normalized spacial score (nSPS) is 29.8. The van der Waals surface area contributed by atoms with Crippen LogP contribution in [0, 0.1) is 0 Å². The van der Waals surface area contributed by atoms with Gasteiger partial charge in [-0.3, -0.25) is 0 Å². The molecule has 0 aromatic heterocycles. The van der Waals surface area contributed by atoms with Gasteiger partial charge in [0.2, 0.25) is 0 Å². The average molecular weight is 115 g/mol.